The molecule has 0 unspecified atom stereocenters. The lowest BCUT2D eigenvalue weighted by molar-refractivity contribution is 0.102. The van der Waals surface area contributed by atoms with Crippen molar-refractivity contribution in [3.8, 4) is 0 Å². The van der Waals surface area contributed by atoms with Gasteiger partial charge in [-0.25, -0.2) is 8.78 Å². The van der Waals surface area contributed by atoms with Crippen molar-refractivity contribution in [1.82, 2.24) is 14.8 Å². The summed E-state index contributed by atoms with van der Waals surface area (Å²) >= 11 is 0. The molecule has 3 rings (SSSR count). The third-order valence-electron chi connectivity index (χ3n) is 3.39. The van der Waals surface area contributed by atoms with E-state index in [1.165, 1.54) is 0 Å². The van der Waals surface area contributed by atoms with Crippen molar-refractivity contribution in [3.05, 3.63) is 77.8 Å². The van der Waals surface area contributed by atoms with Crippen molar-refractivity contribution in [3.63, 3.8) is 0 Å². The molecule has 0 saturated carbocycles. The molecule has 0 spiro atoms. The van der Waals surface area contributed by atoms with Crippen LogP contribution in [0.3, 0.4) is 0 Å². The topological polar surface area (TPSA) is 59.8 Å². The molecule has 7 heteroatoms. The lowest BCUT2D eigenvalue weighted by Gasteiger charge is -2.04. The van der Waals surface area contributed by atoms with Crippen molar-refractivity contribution in [2.75, 3.05) is 5.32 Å². The van der Waals surface area contributed by atoms with Gasteiger partial charge in [0.15, 0.2) is 5.82 Å². The molecule has 3 aromatic rings. The first-order valence-corrected chi connectivity index (χ1v) is 7.30. The maximum absolute atomic E-state index is 13.1. The number of hydrogen-bond donors (Lipinski definition) is 1. The van der Waals surface area contributed by atoms with Gasteiger partial charge in [-0.3, -0.25) is 14.5 Å². The molecule has 1 N–H and O–H groups in total. The first-order chi connectivity index (χ1) is 11.6. The van der Waals surface area contributed by atoms with E-state index in [2.05, 4.69) is 15.4 Å². The zero-order valence-corrected chi connectivity index (χ0v) is 12.6. The number of carbonyl (C=O) groups excluding carboxylic acids is 1. The molecule has 1 aromatic carbocycles. The van der Waals surface area contributed by atoms with E-state index in [1.54, 1.807) is 29.3 Å². The van der Waals surface area contributed by atoms with E-state index in [-0.39, 0.29) is 5.56 Å². The van der Waals surface area contributed by atoms with E-state index < -0.39 is 17.5 Å². The van der Waals surface area contributed by atoms with Crippen LogP contribution in [0.2, 0.25) is 0 Å². The highest BCUT2D eigenvalue weighted by Gasteiger charge is 2.11. The lowest BCUT2D eigenvalue weighted by Crippen LogP contribution is -2.13. The molecule has 0 aliphatic rings. The molecule has 122 valence electrons. The van der Waals surface area contributed by atoms with Crippen LogP contribution < -0.4 is 5.32 Å². The molecule has 0 bridgehead atoms. The molecule has 0 fully saturated rings. The quantitative estimate of drug-likeness (QED) is 0.783. The van der Waals surface area contributed by atoms with Gasteiger partial charge in [0.05, 0.1) is 0 Å². The lowest BCUT2D eigenvalue weighted by atomic mass is 10.2. The molecular weight excluding hydrogens is 314 g/mol. The Kier molecular flexibility index (Phi) is 4.60. The number of aryl methyl sites for hydroxylation is 2. The Bertz CT molecular complexity index is 829. The second-order valence-electron chi connectivity index (χ2n) is 5.18. The minimum absolute atomic E-state index is 0.0983. The molecular formula is C17H14F2N4O. The van der Waals surface area contributed by atoms with E-state index in [1.807, 2.05) is 12.1 Å². The summed E-state index contributed by atoms with van der Waals surface area (Å²) in [5, 5.41) is 6.73. The summed E-state index contributed by atoms with van der Waals surface area (Å²) in [7, 11) is 0. The number of nitrogens with one attached hydrogen (secondary N) is 1. The van der Waals surface area contributed by atoms with Gasteiger partial charge in [0.1, 0.15) is 11.6 Å². The van der Waals surface area contributed by atoms with E-state index in [9.17, 15) is 13.6 Å². The average molecular weight is 328 g/mol. The first-order valence-electron chi connectivity index (χ1n) is 7.30. The fourth-order valence-corrected chi connectivity index (χ4v) is 2.22. The Morgan fingerprint density at radius 1 is 1.08 bits per heavy atom. The van der Waals surface area contributed by atoms with Crippen molar-refractivity contribution < 1.29 is 13.6 Å². The third-order valence-corrected chi connectivity index (χ3v) is 3.39. The second kappa shape index (κ2) is 6.99. The largest absolute Gasteiger partial charge is 0.305 e. The van der Waals surface area contributed by atoms with Crippen LogP contribution in [0.15, 0.2) is 55.0 Å². The number of carbonyl (C=O) groups is 1. The number of halogens is 2. The van der Waals surface area contributed by atoms with Crippen molar-refractivity contribution >= 4 is 11.7 Å². The highest BCUT2D eigenvalue weighted by Crippen LogP contribution is 2.11. The Hall–Kier alpha value is -3.09. The van der Waals surface area contributed by atoms with Gasteiger partial charge >= 0.3 is 0 Å². The number of benzene rings is 1. The predicted molar refractivity (Wildman–Crippen MR) is 84.5 cm³/mol. The van der Waals surface area contributed by atoms with Gasteiger partial charge in [0.2, 0.25) is 0 Å². The van der Waals surface area contributed by atoms with Crippen molar-refractivity contribution in [1.29, 1.82) is 0 Å². The predicted octanol–water partition coefficient (Wildman–Crippen LogP) is 3.05. The molecule has 2 aromatic heterocycles. The van der Waals surface area contributed by atoms with Gasteiger partial charge in [-0.05, 0) is 36.2 Å². The average Bonchev–Trinajstić information content (AvgIpc) is 3.00. The number of anilines is 1. The zero-order valence-electron chi connectivity index (χ0n) is 12.6. The molecule has 0 aliphatic heterocycles. The first kappa shape index (κ1) is 15.8. The van der Waals surface area contributed by atoms with Crippen LogP contribution in [0.25, 0.3) is 0 Å². The van der Waals surface area contributed by atoms with Crippen LogP contribution in [-0.2, 0) is 13.0 Å². The third kappa shape index (κ3) is 4.01. The Balaban J connectivity index is 1.62. The number of nitrogens with zero attached hydrogens (tertiary/aromatic N) is 3. The van der Waals surface area contributed by atoms with E-state index in [4.69, 9.17) is 0 Å². The highest BCUT2D eigenvalue weighted by atomic mass is 19.1. The minimum Gasteiger partial charge on any atom is -0.305 e. The summed E-state index contributed by atoms with van der Waals surface area (Å²) < 4.78 is 28.0. The van der Waals surface area contributed by atoms with Crippen LogP contribution in [0.4, 0.5) is 14.6 Å². The smallest absolute Gasteiger partial charge is 0.257 e. The van der Waals surface area contributed by atoms with E-state index in [0.717, 1.165) is 24.1 Å². The monoisotopic (exact) mass is 328 g/mol. The van der Waals surface area contributed by atoms with Gasteiger partial charge in [-0.2, -0.15) is 5.10 Å². The number of amides is 1. The van der Waals surface area contributed by atoms with Gasteiger partial charge in [0.25, 0.3) is 5.91 Å². The summed E-state index contributed by atoms with van der Waals surface area (Å²) in [6.45, 7) is 0.633. The summed E-state index contributed by atoms with van der Waals surface area (Å²) in [5.74, 6) is -1.90. The molecule has 0 atom stereocenters. The normalized spacial score (nSPS) is 10.6. The standard InChI is InChI=1S/C17H14F2N4O/c18-14-9-13(10-15(19)11-14)17(24)21-16-4-8-23(22-16)7-3-12-1-5-20-6-2-12/h1-2,4-6,8-11H,3,7H2,(H,21,22,24). The molecule has 5 nitrogen and oxygen atoms in total. The molecule has 1 amide bonds. The fraction of sp³-hybridized carbons (Fsp3) is 0.118. The van der Waals surface area contributed by atoms with Crippen LogP contribution in [0.1, 0.15) is 15.9 Å². The summed E-state index contributed by atoms with van der Waals surface area (Å²) in [5.41, 5.74) is 1.03. The number of hydrogen-bond acceptors (Lipinski definition) is 3. The minimum atomic E-state index is -0.803. The van der Waals surface area contributed by atoms with Crippen LogP contribution >= 0.6 is 0 Å². The molecule has 0 radical (unpaired) electrons. The van der Waals surface area contributed by atoms with Crippen LogP contribution in [0.5, 0.6) is 0 Å². The number of pyridine rings is 1. The Labute approximate surface area is 137 Å². The SMILES string of the molecule is O=C(Nc1ccn(CCc2ccncc2)n1)c1cc(F)cc(F)c1. The maximum atomic E-state index is 13.1. The Morgan fingerprint density at radius 2 is 1.79 bits per heavy atom. The molecule has 24 heavy (non-hydrogen) atoms. The van der Waals surface area contributed by atoms with Gasteiger partial charge in [-0.15, -0.1) is 0 Å². The maximum Gasteiger partial charge on any atom is 0.257 e. The summed E-state index contributed by atoms with van der Waals surface area (Å²) in [6.07, 6.45) is 5.94. The Morgan fingerprint density at radius 3 is 2.50 bits per heavy atom. The fourth-order valence-electron chi connectivity index (χ4n) is 2.22. The summed E-state index contributed by atoms with van der Waals surface area (Å²) in [4.78, 5) is 16.0. The molecule has 2 heterocycles. The van der Waals surface area contributed by atoms with Gasteiger partial charge < -0.3 is 5.32 Å². The zero-order chi connectivity index (χ0) is 16.9. The number of aromatic nitrogens is 3. The van der Waals surface area contributed by atoms with Gasteiger partial charge in [0, 0.05) is 42.8 Å². The van der Waals surface area contributed by atoms with Crippen LogP contribution in [0, 0.1) is 11.6 Å². The molecule has 0 saturated heterocycles. The highest BCUT2D eigenvalue weighted by molar-refractivity contribution is 6.03. The van der Waals surface area contributed by atoms with Crippen molar-refractivity contribution in [2.45, 2.75) is 13.0 Å². The molecule has 0 aliphatic carbocycles. The van der Waals surface area contributed by atoms with Gasteiger partial charge in [-0.1, -0.05) is 0 Å². The van der Waals surface area contributed by atoms with E-state index in [0.29, 0.717) is 18.4 Å². The van der Waals surface area contributed by atoms with E-state index >= 15 is 0 Å². The summed E-state index contributed by atoms with van der Waals surface area (Å²) in [6, 6.07) is 8.12. The van der Waals surface area contributed by atoms with Crippen LogP contribution in [-0.4, -0.2) is 20.7 Å². The number of rotatable bonds is 5. The van der Waals surface area contributed by atoms with Crippen molar-refractivity contribution in [2.24, 2.45) is 0 Å². The second-order valence-corrected chi connectivity index (χ2v) is 5.18.